The molecule has 0 unspecified atom stereocenters. The van der Waals surface area contributed by atoms with Crippen LogP contribution in [-0.2, 0) is 6.18 Å². The van der Waals surface area contributed by atoms with E-state index in [2.05, 4.69) is 10.1 Å². The standard InChI is InChI=1S/C14H12F3N3OS/c1-7(2)8-6-10(21)20-13(18-8)11(9-4-3-5-22-9)12(19-20)14(15,16)17/h3-7,18H,1-2H3. The van der Waals surface area contributed by atoms with E-state index < -0.39 is 17.4 Å². The van der Waals surface area contributed by atoms with E-state index in [1.165, 1.54) is 17.4 Å². The van der Waals surface area contributed by atoms with Gasteiger partial charge in [0.1, 0.15) is 5.65 Å². The number of nitrogens with zero attached hydrogens (tertiary/aromatic N) is 2. The molecule has 3 aromatic heterocycles. The number of H-pyrrole nitrogens is 1. The molecule has 0 radical (unpaired) electrons. The molecule has 0 spiro atoms. The van der Waals surface area contributed by atoms with Crippen molar-refractivity contribution in [1.82, 2.24) is 14.6 Å². The van der Waals surface area contributed by atoms with Gasteiger partial charge in [-0.05, 0) is 17.4 Å². The van der Waals surface area contributed by atoms with Gasteiger partial charge in [-0.25, -0.2) is 0 Å². The zero-order valence-corrected chi connectivity index (χ0v) is 12.5. The number of thiophene rings is 1. The van der Waals surface area contributed by atoms with Crippen LogP contribution in [0.2, 0.25) is 0 Å². The predicted molar refractivity (Wildman–Crippen MR) is 78.2 cm³/mol. The molecular weight excluding hydrogens is 315 g/mol. The maximum atomic E-state index is 13.3. The first-order valence-electron chi connectivity index (χ1n) is 6.56. The highest BCUT2D eigenvalue weighted by atomic mass is 32.1. The van der Waals surface area contributed by atoms with Crippen molar-refractivity contribution < 1.29 is 13.2 Å². The Kier molecular flexibility index (Phi) is 3.36. The van der Waals surface area contributed by atoms with Crippen molar-refractivity contribution in [3.63, 3.8) is 0 Å². The van der Waals surface area contributed by atoms with E-state index in [0.717, 1.165) is 4.52 Å². The first-order chi connectivity index (χ1) is 10.3. The van der Waals surface area contributed by atoms with E-state index in [9.17, 15) is 18.0 Å². The molecule has 0 fully saturated rings. The zero-order valence-electron chi connectivity index (χ0n) is 11.7. The molecular formula is C14H12F3N3OS. The highest BCUT2D eigenvalue weighted by Gasteiger charge is 2.39. The minimum Gasteiger partial charge on any atom is -0.343 e. The van der Waals surface area contributed by atoms with E-state index in [1.807, 2.05) is 13.8 Å². The second kappa shape index (κ2) is 4.98. The Morgan fingerprint density at radius 3 is 2.64 bits per heavy atom. The third-order valence-electron chi connectivity index (χ3n) is 3.29. The number of nitrogens with one attached hydrogen (secondary N) is 1. The van der Waals surface area contributed by atoms with Crippen LogP contribution in [-0.4, -0.2) is 14.6 Å². The fourth-order valence-electron chi connectivity index (χ4n) is 2.22. The molecule has 3 rings (SSSR count). The molecule has 3 aromatic rings. The summed E-state index contributed by atoms with van der Waals surface area (Å²) in [7, 11) is 0. The summed E-state index contributed by atoms with van der Waals surface area (Å²) in [6.45, 7) is 3.71. The minimum atomic E-state index is -4.64. The molecule has 3 heterocycles. The summed E-state index contributed by atoms with van der Waals surface area (Å²) in [6, 6.07) is 4.52. The summed E-state index contributed by atoms with van der Waals surface area (Å²) in [5.74, 6) is -0.0156. The van der Waals surface area contributed by atoms with Crippen molar-refractivity contribution in [2.24, 2.45) is 0 Å². The molecule has 0 aliphatic rings. The molecule has 0 amide bonds. The molecule has 22 heavy (non-hydrogen) atoms. The van der Waals surface area contributed by atoms with E-state index in [1.54, 1.807) is 17.5 Å². The van der Waals surface area contributed by atoms with Gasteiger partial charge in [0.25, 0.3) is 5.56 Å². The highest BCUT2D eigenvalue weighted by Crippen LogP contribution is 2.39. The number of halogens is 3. The Labute approximate surface area is 127 Å². The van der Waals surface area contributed by atoms with Crippen LogP contribution < -0.4 is 5.56 Å². The Morgan fingerprint density at radius 1 is 1.36 bits per heavy atom. The molecule has 1 N–H and O–H groups in total. The lowest BCUT2D eigenvalue weighted by Crippen LogP contribution is -2.17. The molecule has 0 aliphatic carbocycles. The number of alkyl halides is 3. The molecule has 0 bridgehead atoms. The topological polar surface area (TPSA) is 50.2 Å². The fourth-order valence-corrected chi connectivity index (χ4v) is 3.00. The summed E-state index contributed by atoms with van der Waals surface area (Å²) in [6.07, 6.45) is -4.64. The van der Waals surface area contributed by atoms with Crippen molar-refractivity contribution in [3.8, 4) is 10.4 Å². The second-order valence-electron chi connectivity index (χ2n) is 5.18. The zero-order chi connectivity index (χ0) is 16.1. The predicted octanol–water partition coefficient (Wildman–Crippen LogP) is 3.89. The number of aromatic nitrogens is 3. The second-order valence-corrected chi connectivity index (χ2v) is 6.12. The number of hydrogen-bond donors (Lipinski definition) is 1. The average Bonchev–Trinajstić information content (AvgIpc) is 3.03. The van der Waals surface area contributed by atoms with Gasteiger partial charge in [-0.15, -0.1) is 11.3 Å². The molecule has 0 aliphatic heterocycles. The summed E-state index contributed by atoms with van der Waals surface area (Å²) in [5.41, 5.74) is -1.06. The lowest BCUT2D eigenvalue weighted by Gasteiger charge is -2.07. The van der Waals surface area contributed by atoms with Crippen LogP contribution >= 0.6 is 11.3 Å². The Balaban J connectivity index is 2.44. The van der Waals surface area contributed by atoms with Crippen molar-refractivity contribution in [3.05, 3.63) is 45.3 Å². The van der Waals surface area contributed by atoms with Gasteiger partial charge in [0.05, 0.1) is 5.56 Å². The fraction of sp³-hybridized carbons (Fsp3) is 0.286. The van der Waals surface area contributed by atoms with Crippen LogP contribution in [0.5, 0.6) is 0 Å². The summed E-state index contributed by atoms with van der Waals surface area (Å²) >= 11 is 1.17. The lowest BCUT2D eigenvalue weighted by molar-refractivity contribution is -0.140. The average molecular weight is 327 g/mol. The summed E-state index contributed by atoms with van der Waals surface area (Å²) < 4.78 is 40.6. The van der Waals surface area contributed by atoms with Gasteiger partial charge in [-0.1, -0.05) is 19.9 Å². The molecule has 4 nitrogen and oxygen atoms in total. The minimum absolute atomic E-state index is 0.0156. The van der Waals surface area contributed by atoms with Crippen LogP contribution in [0.1, 0.15) is 31.2 Å². The first kappa shape index (κ1) is 14.8. The van der Waals surface area contributed by atoms with E-state index in [0.29, 0.717) is 10.6 Å². The van der Waals surface area contributed by atoms with Crippen molar-refractivity contribution in [1.29, 1.82) is 0 Å². The molecule has 8 heteroatoms. The highest BCUT2D eigenvalue weighted by molar-refractivity contribution is 7.13. The number of aromatic amines is 1. The van der Waals surface area contributed by atoms with Gasteiger partial charge < -0.3 is 4.98 Å². The molecule has 0 saturated carbocycles. The van der Waals surface area contributed by atoms with Crippen LogP contribution in [0.4, 0.5) is 13.2 Å². The van der Waals surface area contributed by atoms with E-state index >= 15 is 0 Å². The number of rotatable bonds is 2. The smallest absolute Gasteiger partial charge is 0.343 e. The van der Waals surface area contributed by atoms with Gasteiger partial charge in [0.15, 0.2) is 5.69 Å². The molecule has 0 aromatic carbocycles. The van der Waals surface area contributed by atoms with Crippen LogP contribution in [0, 0.1) is 0 Å². The monoisotopic (exact) mass is 327 g/mol. The summed E-state index contributed by atoms with van der Waals surface area (Å²) in [4.78, 5) is 15.4. The van der Waals surface area contributed by atoms with E-state index in [-0.39, 0.29) is 17.1 Å². The van der Waals surface area contributed by atoms with Crippen molar-refractivity contribution >= 4 is 17.0 Å². The molecule has 116 valence electrons. The van der Waals surface area contributed by atoms with Crippen LogP contribution in [0.3, 0.4) is 0 Å². The maximum Gasteiger partial charge on any atom is 0.435 e. The van der Waals surface area contributed by atoms with Crippen LogP contribution in [0.25, 0.3) is 16.1 Å². The summed E-state index contributed by atoms with van der Waals surface area (Å²) in [5, 5.41) is 5.18. The number of hydrogen-bond acceptors (Lipinski definition) is 3. The van der Waals surface area contributed by atoms with E-state index in [4.69, 9.17) is 0 Å². The van der Waals surface area contributed by atoms with Gasteiger partial charge >= 0.3 is 6.18 Å². The Bertz CT molecular complexity index is 875. The van der Waals surface area contributed by atoms with Crippen LogP contribution in [0.15, 0.2) is 28.4 Å². The third-order valence-corrected chi connectivity index (χ3v) is 4.18. The quantitative estimate of drug-likeness (QED) is 0.776. The van der Waals surface area contributed by atoms with Gasteiger partial charge in [0.2, 0.25) is 0 Å². The van der Waals surface area contributed by atoms with Gasteiger partial charge in [-0.3, -0.25) is 4.79 Å². The SMILES string of the molecule is CC(C)c1cc(=O)n2nc(C(F)(F)F)c(-c3cccs3)c2[nH]1. The largest absolute Gasteiger partial charge is 0.435 e. The third kappa shape index (κ3) is 2.33. The van der Waals surface area contributed by atoms with Gasteiger partial charge in [0, 0.05) is 16.6 Å². The van der Waals surface area contributed by atoms with Gasteiger partial charge in [-0.2, -0.15) is 22.8 Å². The number of fused-ring (bicyclic) bond motifs is 1. The normalized spacial score (nSPS) is 12.5. The molecule has 0 atom stereocenters. The maximum absolute atomic E-state index is 13.3. The Morgan fingerprint density at radius 2 is 2.09 bits per heavy atom. The van der Waals surface area contributed by atoms with Crippen molar-refractivity contribution in [2.45, 2.75) is 25.9 Å². The van der Waals surface area contributed by atoms with Crippen molar-refractivity contribution in [2.75, 3.05) is 0 Å². The first-order valence-corrected chi connectivity index (χ1v) is 7.44. The molecule has 0 saturated heterocycles. The lowest BCUT2D eigenvalue weighted by atomic mass is 10.1. The Hall–Kier alpha value is -2.09.